The van der Waals surface area contributed by atoms with E-state index >= 15 is 0 Å². The zero-order chi connectivity index (χ0) is 16.2. The SMILES string of the molecule is CC(CC(=O)N1CC(C)C(N2CCOCC2)C1)C1CCNCC1. The van der Waals surface area contributed by atoms with Crippen molar-refractivity contribution in [1.29, 1.82) is 0 Å². The molecule has 1 amide bonds. The van der Waals surface area contributed by atoms with Gasteiger partial charge in [-0.05, 0) is 43.7 Å². The number of nitrogens with one attached hydrogen (secondary N) is 1. The Bertz CT molecular complexity index is 392. The van der Waals surface area contributed by atoms with E-state index in [2.05, 4.69) is 29.0 Å². The number of carbonyl (C=O) groups is 1. The van der Waals surface area contributed by atoms with Gasteiger partial charge in [0, 0.05) is 38.6 Å². The fourth-order valence-electron chi connectivity index (χ4n) is 4.52. The zero-order valence-corrected chi connectivity index (χ0v) is 14.8. The van der Waals surface area contributed by atoms with Crippen molar-refractivity contribution in [3.05, 3.63) is 0 Å². The molecule has 5 nitrogen and oxygen atoms in total. The molecule has 3 aliphatic heterocycles. The molecular formula is C18H33N3O2. The van der Waals surface area contributed by atoms with Crippen LogP contribution >= 0.6 is 0 Å². The summed E-state index contributed by atoms with van der Waals surface area (Å²) in [7, 11) is 0. The van der Waals surface area contributed by atoms with Gasteiger partial charge in [0.1, 0.15) is 0 Å². The average Bonchev–Trinajstić information content (AvgIpc) is 2.98. The van der Waals surface area contributed by atoms with Crippen LogP contribution in [-0.4, -0.2) is 74.2 Å². The van der Waals surface area contributed by atoms with Gasteiger partial charge < -0.3 is 15.0 Å². The molecule has 0 aromatic heterocycles. The molecule has 3 unspecified atom stereocenters. The number of piperidine rings is 1. The lowest BCUT2D eigenvalue weighted by Crippen LogP contribution is -2.47. The molecule has 0 aromatic rings. The lowest BCUT2D eigenvalue weighted by atomic mass is 9.84. The smallest absolute Gasteiger partial charge is 0.222 e. The van der Waals surface area contributed by atoms with Crippen LogP contribution in [0.25, 0.3) is 0 Å². The first-order valence-electron chi connectivity index (χ1n) is 9.45. The van der Waals surface area contributed by atoms with Gasteiger partial charge in [0.15, 0.2) is 0 Å². The minimum absolute atomic E-state index is 0.374. The second-order valence-electron chi connectivity index (χ2n) is 7.76. The molecule has 0 spiro atoms. The molecule has 3 aliphatic rings. The normalized spacial score (nSPS) is 32.2. The van der Waals surface area contributed by atoms with E-state index in [1.54, 1.807) is 0 Å². The second-order valence-corrected chi connectivity index (χ2v) is 7.76. The molecule has 1 N–H and O–H groups in total. The Morgan fingerprint density at radius 1 is 1.22 bits per heavy atom. The maximum Gasteiger partial charge on any atom is 0.222 e. The number of rotatable bonds is 4. The van der Waals surface area contributed by atoms with Gasteiger partial charge >= 0.3 is 0 Å². The number of carbonyl (C=O) groups excluding carboxylic acids is 1. The van der Waals surface area contributed by atoms with Crippen LogP contribution in [0.3, 0.4) is 0 Å². The van der Waals surface area contributed by atoms with E-state index in [1.165, 1.54) is 12.8 Å². The van der Waals surface area contributed by atoms with E-state index in [9.17, 15) is 4.79 Å². The van der Waals surface area contributed by atoms with Crippen LogP contribution in [0.15, 0.2) is 0 Å². The first-order valence-corrected chi connectivity index (χ1v) is 9.45. The number of likely N-dealkylation sites (tertiary alicyclic amines) is 1. The van der Waals surface area contributed by atoms with Gasteiger partial charge in [-0.2, -0.15) is 0 Å². The molecule has 3 atom stereocenters. The van der Waals surface area contributed by atoms with Gasteiger partial charge in [-0.3, -0.25) is 9.69 Å². The third kappa shape index (κ3) is 4.25. The quantitative estimate of drug-likeness (QED) is 0.844. The summed E-state index contributed by atoms with van der Waals surface area (Å²) in [5, 5.41) is 3.41. The van der Waals surface area contributed by atoms with Crippen molar-refractivity contribution in [3.63, 3.8) is 0 Å². The Morgan fingerprint density at radius 2 is 1.91 bits per heavy atom. The van der Waals surface area contributed by atoms with Crippen LogP contribution in [-0.2, 0) is 9.53 Å². The summed E-state index contributed by atoms with van der Waals surface area (Å²) in [6.07, 6.45) is 3.18. The third-order valence-electron chi connectivity index (χ3n) is 6.13. The van der Waals surface area contributed by atoms with Crippen LogP contribution in [0.5, 0.6) is 0 Å². The van der Waals surface area contributed by atoms with Crippen LogP contribution < -0.4 is 5.32 Å². The number of morpholine rings is 1. The van der Waals surface area contributed by atoms with Gasteiger partial charge in [-0.15, -0.1) is 0 Å². The minimum atomic E-state index is 0.374. The van der Waals surface area contributed by atoms with Crippen molar-refractivity contribution in [2.75, 3.05) is 52.5 Å². The molecular weight excluding hydrogens is 290 g/mol. The highest BCUT2D eigenvalue weighted by atomic mass is 16.5. The molecule has 0 saturated carbocycles. The molecule has 0 radical (unpaired) electrons. The maximum atomic E-state index is 12.7. The average molecular weight is 323 g/mol. The standard InChI is InChI=1S/C18H33N3O2/c1-14(16-3-5-19-6-4-16)11-18(22)21-12-15(2)17(13-21)20-7-9-23-10-8-20/h14-17,19H,3-13H2,1-2H3. The lowest BCUT2D eigenvalue weighted by Gasteiger charge is -2.34. The van der Waals surface area contributed by atoms with E-state index in [0.29, 0.717) is 23.8 Å². The molecule has 132 valence electrons. The summed E-state index contributed by atoms with van der Waals surface area (Å²) < 4.78 is 5.46. The minimum Gasteiger partial charge on any atom is -0.379 e. The van der Waals surface area contributed by atoms with Crippen molar-refractivity contribution in [1.82, 2.24) is 15.1 Å². The maximum absolute atomic E-state index is 12.7. The van der Waals surface area contributed by atoms with E-state index in [4.69, 9.17) is 4.74 Å². The summed E-state index contributed by atoms with van der Waals surface area (Å²) in [6.45, 7) is 12.3. The topological polar surface area (TPSA) is 44.8 Å². The number of hydrogen-bond donors (Lipinski definition) is 1. The molecule has 3 heterocycles. The molecule has 3 fully saturated rings. The van der Waals surface area contributed by atoms with Crippen molar-refractivity contribution in [2.45, 2.75) is 39.2 Å². The highest BCUT2D eigenvalue weighted by Crippen LogP contribution is 2.28. The van der Waals surface area contributed by atoms with E-state index in [0.717, 1.165) is 64.8 Å². The number of amides is 1. The Hall–Kier alpha value is -0.650. The predicted molar refractivity (Wildman–Crippen MR) is 91.3 cm³/mol. The highest BCUT2D eigenvalue weighted by molar-refractivity contribution is 5.76. The molecule has 0 aliphatic carbocycles. The van der Waals surface area contributed by atoms with Crippen LogP contribution in [0.1, 0.15) is 33.1 Å². The number of hydrogen-bond acceptors (Lipinski definition) is 4. The first-order chi connectivity index (χ1) is 11.1. The van der Waals surface area contributed by atoms with Crippen molar-refractivity contribution < 1.29 is 9.53 Å². The van der Waals surface area contributed by atoms with E-state index in [-0.39, 0.29) is 0 Å². The van der Waals surface area contributed by atoms with Crippen LogP contribution in [0, 0.1) is 17.8 Å². The zero-order valence-electron chi connectivity index (χ0n) is 14.8. The van der Waals surface area contributed by atoms with Crippen molar-refractivity contribution in [2.24, 2.45) is 17.8 Å². The molecule has 5 heteroatoms. The summed E-state index contributed by atoms with van der Waals surface area (Å²) >= 11 is 0. The predicted octanol–water partition coefficient (Wildman–Crippen LogP) is 1.19. The molecule has 3 rings (SSSR count). The summed E-state index contributed by atoms with van der Waals surface area (Å²) in [5.74, 6) is 2.18. The van der Waals surface area contributed by atoms with Gasteiger partial charge in [-0.25, -0.2) is 0 Å². The Balaban J connectivity index is 1.49. The fraction of sp³-hybridized carbons (Fsp3) is 0.944. The molecule has 0 bridgehead atoms. The van der Waals surface area contributed by atoms with Gasteiger partial charge in [-0.1, -0.05) is 13.8 Å². The largest absolute Gasteiger partial charge is 0.379 e. The third-order valence-corrected chi connectivity index (χ3v) is 6.13. The monoisotopic (exact) mass is 323 g/mol. The number of nitrogens with zero attached hydrogens (tertiary/aromatic N) is 2. The molecule has 0 aromatic carbocycles. The Labute approximate surface area is 140 Å². The van der Waals surface area contributed by atoms with Gasteiger partial charge in [0.25, 0.3) is 0 Å². The lowest BCUT2D eigenvalue weighted by molar-refractivity contribution is -0.131. The van der Waals surface area contributed by atoms with Crippen molar-refractivity contribution >= 4 is 5.91 Å². The summed E-state index contributed by atoms with van der Waals surface area (Å²) in [4.78, 5) is 17.4. The Morgan fingerprint density at radius 3 is 2.61 bits per heavy atom. The van der Waals surface area contributed by atoms with Crippen molar-refractivity contribution in [3.8, 4) is 0 Å². The molecule has 23 heavy (non-hydrogen) atoms. The van der Waals surface area contributed by atoms with Gasteiger partial charge in [0.2, 0.25) is 5.91 Å². The van der Waals surface area contributed by atoms with Crippen LogP contribution in [0.2, 0.25) is 0 Å². The van der Waals surface area contributed by atoms with Gasteiger partial charge in [0.05, 0.1) is 13.2 Å². The van der Waals surface area contributed by atoms with E-state index in [1.807, 2.05) is 0 Å². The molecule has 3 saturated heterocycles. The van der Waals surface area contributed by atoms with Crippen LogP contribution in [0.4, 0.5) is 0 Å². The summed E-state index contributed by atoms with van der Waals surface area (Å²) in [6, 6.07) is 0.525. The first kappa shape index (κ1) is 17.2. The van der Waals surface area contributed by atoms with E-state index < -0.39 is 0 Å². The Kier molecular flexibility index (Phi) is 5.94. The fourth-order valence-corrected chi connectivity index (χ4v) is 4.52. The number of ether oxygens (including phenoxy) is 1. The highest BCUT2D eigenvalue weighted by Gasteiger charge is 2.37. The summed E-state index contributed by atoms with van der Waals surface area (Å²) in [5.41, 5.74) is 0. The second kappa shape index (κ2) is 7.95.